The molecule has 3 aromatic heterocycles. The fraction of sp³-hybridized carbons (Fsp3) is 0. The summed E-state index contributed by atoms with van der Waals surface area (Å²) in [6.07, 6.45) is 0. The van der Waals surface area contributed by atoms with Crippen molar-refractivity contribution in [1.29, 1.82) is 0 Å². The van der Waals surface area contributed by atoms with E-state index in [-0.39, 0.29) is 0 Å². The summed E-state index contributed by atoms with van der Waals surface area (Å²) in [7, 11) is 0. The molecule has 276 valence electrons. The van der Waals surface area contributed by atoms with Gasteiger partial charge in [-0.15, -0.1) is 11.3 Å². The van der Waals surface area contributed by atoms with Crippen molar-refractivity contribution in [2.45, 2.75) is 0 Å². The number of rotatable bonds is 7. The molecule has 0 atom stereocenters. The van der Waals surface area contributed by atoms with Gasteiger partial charge in [-0.3, -0.25) is 0 Å². The smallest absolute Gasteiger partial charge is 0.164 e. The molecule has 0 aliphatic heterocycles. The fourth-order valence-electron chi connectivity index (χ4n) is 7.94. The maximum atomic E-state index is 5.38. The molecular weight excluding hydrogens is 737 g/mol. The van der Waals surface area contributed by atoms with E-state index in [2.05, 4.69) is 170 Å². The number of hydrogen-bond acceptors (Lipinski definition) is 5. The van der Waals surface area contributed by atoms with E-state index < -0.39 is 0 Å². The zero-order valence-electron chi connectivity index (χ0n) is 31.8. The molecule has 4 nitrogen and oxygen atoms in total. The topological polar surface area (TPSA) is 51.6 Å². The Hall–Kier alpha value is -7.60. The lowest BCUT2D eigenvalue weighted by Gasteiger charge is -2.11. The Bertz CT molecular complexity index is 3290. The molecule has 3 heterocycles. The maximum absolute atomic E-state index is 5.38. The van der Waals surface area contributed by atoms with Gasteiger partial charge in [-0.25, -0.2) is 19.9 Å². The zero-order valence-corrected chi connectivity index (χ0v) is 32.6. The summed E-state index contributed by atoms with van der Waals surface area (Å²) in [4.78, 5) is 20.4. The van der Waals surface area contributed by atoms with Gasteiger partial charge in [-0.1, -0.05) is 182 Å². The molecule has 11 rings (SSSR count). The Morgan fingerprint density at radius 1 is 0.288 bits per heavy atom. The number of nitrogens with zero attached hydrogens (tertiary/aromatic N) is 4. The highest BCUT2D eigenvalue weighted by Gasteiger charge is 2.18. The van der Waals surface area contributed by atoms with Crippen LogP contribution in [0.25, 0.3) is 110 Å². The number of benzene rings is 8. The third-order valence-electron chi connectivity index (χ3n) is 10.9. The molecule has 59 heavy (non-hydrogen) atoms. The average Bonchev–Trinajstić information content (AvgIpc) is 3.72. The van der Waals surface area contributed by atoms with Crippen LogP contribution in [0.5, 0.6) is 0 Å². The van der Waals surface area contributed by atoms with Gasteiger partial charge in [0.25, 0.3) is 0 Å². The molecule has 0 bridgehead atoms. The predicted molar refractivity (Wildman–Crippen MR) is 246 cm³/mol. The van der Waals surface area contributed by atoms with Crippen LogP contribution in [0.15, 0.2) is 206 Å². The first kappa shape index (κ1) is 34.6. The lowest BCUT2D eigenvalue weighted by Crippen LogP contribution is -2.00. The Balaban J connectivity index is 0.999. The molecule has 0 fully saturated rings. The second-order valence-corrected chi connectivity index (χ2v) is 15.7. The van der Waals surface area contributed by atoms with Gasteiger partial charge in [0.1, 0.15) is 0 Å². The maximum Gasteiger partial charge on any atom is 0.164 e. The SMILES string of the molecule is c1ccc(-c2ccc(-c3nc(-c4ccccc4)nc(-c4ccc(-c5nc6ccc(-c7cccc(-c8ccccc8)c7)cc6c6c5sc5ccccc56)cc4)n3)cc2)cc1. The zero-order chi connectivity index (χ0) is 39.1. The van der Waals surface area contributed by atoms with Gasteiger partial charge in [0.15, 0.2) is 17.5 Å². The van der Waals surface area contributed by atoms with Gasteiger partial charge in [0.05, 0.1) is 15.9 Å². The lowest BCUT2D eigenvalue weighted by atomic mass is 9.96. The quantitative estimate of drug-likeness (QED) is 0.162. The molecule has 0 unspecified atom stereocenters. The van der Waals surface area contributed by atoms with Crippen LogP contribution in [0.4, 0.5) is 0 Å². The van der Waals surface area contributed by atoms with Gasteiger partial charge in [-0.05, 0) is 57.6 Å². The standard InChI is InChI=1S/C54H34N4S/c1-4-13-35(14-5-1)37-23-27-40(28-24-37)53-56-52(39-17-8-3-9-18-39)57-54(58-53)41-29-25-38(26-30-41)50-51-49(45-21-10-11-22-48(45)59-51)46-34-44(31-32-47(46)55-50)43-20-12-19-42(33-43)36-15-6-2-7-16-36/h1-34H. The Kier molecular flexibility index (Phi) is 8.64. The molecule has 0 aliphatic carbocycles. The number of hydrogen-bond donors (Lipinski definition) is 0. The molecule has 11 aromatic rings. The van der Waals surface area contributed by atoms with Gasteiger partial charge >= 0.3 is 0 Å². The van der Waals surface area contributed by atoms with Crippen molar-refractivity contribution in [1.82, 2.24) is 19.9 Å². The summed E-state index contributed by atoms with van der Waals surface area (Å²) in [5.74, 6) is 1.89. The monoisotopic (exact) mass is 770 g/mol. The van der Waals surface area contributed by atoms with Crippen LogP contribution in [-0.2, 0) is 0 Å². The molecule has 0 saturated carbocycles. The van der Waals surface area contributed by atoms with Crippen molar-refractivity contribution >= 4 is 42.4 Å². The molecule has 5 heteroatoms. The van der Waals surface area contributed by atoms with E-state index in [1.165, 1.54) is 48.0 Å². The molecule has 8 aromatic carbocycles. The van der Waals surface area contributed by atoms with E-state index in [9.17, 15) is 0 Å². The van der Waals surface area contributed by atoms with E-state index in [0.29, 0.717) is 17.5 Å². The van der Waals surface area contributed by atoms with E-state index in [0.717, 1.165) is 44.4 Å². The van der Waals surface area contributed by atoms with E-state index in [1.54, 1.807) is 11.3 Å². The fourth-order valence-corrected chi connectivity index (χ4v) is 9.17. The van der Waals surface area contributed by atoms with Crippen molar-refractivity contribution in [3.63, 3.8) is 0 Å². The second-order valence-electron chi connectivity index (χ2n) is 14.6. The highest BCUT2D eigenvalue weighted by atomic mass is 32.1. The Morgan fingerprint density at radius 3 is 1.34 bits per heavy atom. The molecular formula is C54H34N4S. The number of thiophene rings is 1. The highest BCUT2D eigenvalue weighted by Crippen LogP contribution is 2.44. The van der Waals surface area contributed by atoms with Crippen LogP contribution in [-0.4, -0.2) is 19.9 Å². The second kappa shape index (κ2) is 14.7. The van der Waals surface area contributed by atoms with Gasteiger partial charge in [0, 0.05) is 43.1 Å². The summed E-state index contributed by atoms with van der Waals surface area (Å²) in [5, 5.41) is 3.64. The van der Waals surface area contributed by atoms with Crippen LogP contribution >= 0.6 is 11.3 Å². The van der Waals surface area contributed by atoms with Crippen molar-refractivity contribution in [2.24, 2.45) is 0 Å². The van der Waals surface area contributed by atoms with Crippen molar-refractivity contribution < 1.29 is 0 Å². The summed E-state index contributed by atoms with van der Waals surface area (Å²) in [6, 6.07) is 72.2. The number of pyridine rings is 1. The minimum absolute atomic E-state index is 0.620. The normalized spacial score (nSPS) is 11.4. The Morgan fingerprint density at radius 2 is 0.712 bits per heavy atom. The van der Waals surface area contributed by atoms with Gasteiger partial charge < -0.3 is 0 Å². The summed E-state index contributed by atoms with van der Waals surface area (Å²) in [6.45, 7) is 0. The van der Waals surface area contributed by atoms with Gasteiger partial charge in [-0.2, -0.15) is 0 Å². The Labute approximate surface area is 345 Å². The van der Waals surface area contributed by atoms with Crippen LogP contribution in [0.1, 0.15) is 0 Å². The third kappa shape index (κ3) is 6.54. The van der Waals surface area contributed by atoms with Crippen LogP contribution < -0.4 is 0 Å². The summed E-state index contributed by atoms with van der Waals surface area (Å²) in [5.41, 5.74) is 12.8. The largest absolute Gasteiger partial charge is 0.246 e. The van der Waals surface area contributed by atoms with Crippen LogP contribution in [0, 0.1) is 0 Å². The number of fused-ring (bicyclic) bond motifs is 5. The highest BCUT2D eigenvalue weighted by molar-refractivity contribution is 7.26. The van der Waals surface area contributed by atoms with Gasteiger partial charge in [0.2, 0.25) is 0 Å². The van der Waals surface area contributed by atoms with Crippen LogP contribution in [0.3, 0.4) is 0 Å². The first-order valence-corrected chi connectivity index (χ1v) is 20.5. The molecule has 0 amide bonds. The van der Waals surface area contributed by atoms with Crippen molar-refractivity contribution in [2.75, 3.05) is 0 Å². The summed E-state index contributed by atoms with van der Waals surface area (Å²) >= 11 is 1.80. The molecule has 0 spiro atoms. The minimum Gasteiger partial charge on any atom is -0.246 e. The van der Waals surface area contributed by atoms with Crippen LogP contribution in [0.2, 0.25) is 0 Å². The molecule has 0 radical (unpaired) electrons. The molecule has 0 saturated heterocycles. The first-order valence-electron chi connectivity index (χ1n) is 19.7. The molecule has 0 aliphatic rings. The summed E-state index contributed by atoms with van der Waals surface area (Å²) < 4.78 is 2.42. The average molecular weight is 771 g/mol. The van der Waals surface area contributed by atoms with Crippen molar-refractivity contribution in [3.05, 3.63) is 206 Å². The number of aromatic nitrogens is 4. The van der Waals surface area contributed by atoms with E-state index in [1.807, 2.05) is 36.4 Å². The minimum atomic E-state index is 0.620. The predicted octanol–water partition coefficient (Wildman–Crippen LogP) is 14.5. The van der Waals surface area contributed by atoms with E-state index in [4.69, 9.17) is 19.9 Å². The first-order chi connectivity index (χ1) is 29.2. The third-order valence-corrected chi connectivity index (χ3v) is 12.1. The lowest BCUT2D eigenvalue weighted by molar-refractivity contribution is 1.07. The van der Waals surface area contributed by atoms with E-state index >= 15 is 0 Å². The van der Waals surface area contributed by atoms with Crippen molar-refractivity contribution in [3.8, 4) is 78.8 Å². The molecule has 0 N–H and O–H groups in total.